The molecule has 2 aliphatic rings. The van der Waals surface area contributed by atoms with Crippen LogP contribution in [-0.4, -0.2) is 86.4 Å². The molecular weight excluding hydrogens is 479 g/mol. The van der Waals surface area contributed by atoms with Gasteiger partial charge in [-0.3, -0.25) is 4.90 Å². The summed E-state index contributed by atoms with van der Waals surface area (Å²) in [5.41, 5.74) is 2.07. The van der Waals surface area contributed by atoms with Crippen molar-refractivity contribution < 1.29 is 41.0 Å². The van der Waals surface area contributed by atoms with Crippen molar-refractivity contribution in [1.29, 1.82) is 0 Å². The summed E-state index contributed by atoms with van der Waals surface area (Å²) in [7, 11) is -3.20. The molecule has 2 fully saturated rings. The predicted molar refractivity (Wildman–Crippen MR) is 118 cm³/mol. The highest BCUT2D eigenvalue weighted by molar-refractivity contribution is 7.88. The van der Waals surface area contributed by atoms with Gasteiger partial charge in [-0.25, -0.2) is 17.9 Å². The first-order valence-corrected chi connectivity index (χ1v) is 12.5. The fourth-order valence-corrected chi connectivity index (χ4v) is 4.57. The van der Waals surface area contributed by atoms with Crippen LogP contribution in [0.1, 0.15) is 18.4 Å². The van der Waals surface area contributed by atoms with Crippen LogP contribution in [0.3, 0.4) is 0 Å². The summed E-state index contributed by atoms with van der Waals surface area (Å²) in [6, 6.07) is 8.59. The molecule has 2 saturated heterocycles. The number of hydrogen-bond donors (Lipinski definition) is 3. The van der Waals surface area contributed by atoms with Crippen LogP contribution in [0.15, 0.2) is 30.5 Å². The third-order valence-electron chi connectivity index (χ3n) is 5.61. The first-order valence-electron chi connectivity index (χ1n) is 10.6. The van der Waals surface area contributed by atoms with Gasteiger partial charge in [0.1, 0.15) is 5.60 Å². The normalized spacial score (nSPS) is 24.1. The minimum Gasteiger partial charge on any atom is -0.475 e. The number of aromatic nitrogens is 1. The number of carboxylic acid groups (broad SMARTS) is 1. The van der Waals surface area contributed by atoms with Crippen molar-refractivity contribution >= 4 is 26.9 Å². The van der Waals surface area contributed by atoms with Gasteiger partial charge in [-0.1, -0.05) is 6.07 Å². The number of nitrogens with zero attached hydrogens (tertiary/aromatic N) is 1. The maximum atomic E-state index is 11.3. The zero-order valence-corrected chi connectivity index (χ0v) is 19.4. The number of alkyl halides is 3. The zero-order chi connectivity index (χ0) is 25.0. The van der Waals surface area contributed by atoms with E-state index in [2.05, 4.69) is 38.9 Å². The molecule has 3 N–H and O–H groups in total. The number of fused-ring (bicyclic) bond motifs is 1. The second kappa shape index (κ2) is 10.6. The van der Waals surface area contributed by atoms with E-state index in [1.807, 2.05) is 6.20 Å². The van der Waals surface area contributed by atoms with Gasteiger partial charge in [0.15, 0.2) is 0 Å². The van der Waals surface area contributed by atoms with Crippen LogP contribution in [0.25, 0.3) is 10.9 Å². The van der Waals surface area contributed by atoms with Gasteiger partial charge in [0.05, 0.1) is 25.6 Å². The van der Waals surface area contributed by atoms with Crippen LogP contribution >= 0.6 is 0 Å². The molecule has 4 rings (SSSR count). The number of aromatic amines is 1. The molecular formula is C21H28F3N3O6S. The Bertz CT molecular complexity index is 1090. The molecule has 190 valence electrons. The van der Waals surface area contributed by atoms with Gasteiger partial charge in [-0.15, -0.1) is 0 Å². The average Bonchev–Trinajstić information content (AvgIpc) is 3.30. The minimum absolute atomic E-state index is 0.0977. The average molecular weight is 508 g/mol. The number of aliphatic carboxylic acids is 1. The lowest BCUT2D eigenvalue weighted by Gasteiger charge is -2.32. The summed E-state index contributed by atoms with van der Waals surface area (Å²) in [6.07, 6.45) is -0.319. The number of sulfonamides is 1. The van der Waals surface area contributed by atoms with Gasteiger partial charge in [0.25, 0.3) is 0 Å². The fourth-order valence-electron chi connectivity index (χ4n) is 4.08. The van der Waals surface area contributed by atoms with Gasteiger partial charge >= 0.3 is 12.1 Å². The molecule has 0 amide bonds. The largest absolute Gasteiger partial charge is 0.490 e. The van der Waals surface area contributed by atoms with Crippen molar-refractivity contribution in [3.8, 4) is 0 Å². The number of carboxylic acids is 1. The molecule has 2 atom stereocenters. The number of rotatable bonds is 5. The maximum absolute atomic E-state index is 11.3. The fraction of sp³-hybridized carbons (Fsp3) is 0.571. The third-order valence-corrected chi connectivity index (χ3v) is 6.30. The Morgan fingerprint density at radius 3 is 2.76 bits per heavy atom. The minimum atomic E-state index is -5.08. The SMILES string of the molecule is CS(=O)(=O)NC[C@H]1CC[C@@]2(COCCN(Cc3ccc4[nH]ccc4c3)C2)O1.O=C(O)C(F)(F)F. The number of halogens is 3. The molecule has 1 aromatic carbocycles. The number of ether oxygens (including phenoxy) is 2. The van der Waals surface area contributed by atoms with E-state index in [0.29, 0.717) is 19.8 Å². The molecule has 1 spiro atoms. The molecule has 2 aliphatic heterocycles. The summed E-state index contributed by atoms with van der Waals surface area (Å²) in [5.74, 6) is -2.76. The summed E-state index contributed by atoms with van der Waals surface area (Å²) < 4.78 is 69.1. The zero-order valence-electron chi connectivity index (χ0n) is 18.6. The van der Waals surface area contributed by atoms with E-state index < -0.39 is 22.2 Å². The molecule has 1 aromatic heterocycles. The Labute approximate surface area is 195 Å². The van der Waals surface area contributed by atoms with E-state index in [0.717, 1.165) is 38.0 Å². The molecule has 9 nitrogen and oxygen atoms in total. The molecule has 34 heavy (non-hydrogen) atoms. The smallest absolute Gasteiger partial charge is 0.475 e. The first kappa shape index (κ1) is 26.4. The van der Waals surface area contributed by atoms with Crippen LogP contribution in [0.4, 0.5) is 13.2 Å². The lowest BCUT2D eigenvalue weighted by molar-refractivity contribution is -0.192. The maximum Gasteiger partial charge on any atom is 0.490 e. The summed E-state index contributed by atoms with van der Waals surface area (Å²) >= 11 is 0. The molecule has 0 unspecified atom stereocenters. The van der Waals surface area contributed by atoms with E-state index in [-0.39, 0.29) is 11.7 Å². The predicted octanol–water partition coefficient (Wildman–Crippen LogP) is 2.10. The number of hydrogen-bond acceptors (Lipinski definition) is 6. The second-order valence-electron chi connectivity index (χ2n) is 8.55. The molecule has 13 heteroatoms. The van der Waals surface area contributed by atoms with Crippen LogP contribution in [0.5, 0.6) is 0 Å². The summed E-state index contributed by atoms with van der Waals surface area (Å²) in [5, 5.41) is 8.34. The van der Waals surface area contributed by atoms with Crippen molar-refractivity contribution in [2.24, 2.45) is 0 Å². The highest BCUT2D eigenvalue weighted by atomic mass is 32.2. The van der Waals surface area contributed by atoms with E-state index in [4.69, 9.17) is 19.4 Å². The summed E-state index contributed by atoms with van der Waals surface area (Å²) in [4.78, 5) is 14.5. The van der Waals surface area contributed by atoms with Crippen LogP contribution < -0.4 is 4.72 Å². The molecule has 0 radical (unpaired) electrons. The number of carbonyl (C=O) groups is 1. The Morgan fingerprint density at radius 2 is 2.09 bits per heavy atom. The van der Waals surface area contributed by atoms with Gasteiger partial charge < -0.3 is 19.6 Å². The molecule has 2 aromatic rings. The Hall–Kier alpha value is -2.19. The topological polar surface area (TPSA) is 121 Å². The quantitative estimate of drug-likeness (QED) is 0.567. The van der Waals surface area contributed by atoms with Crippen molar-refractivity contribution in [3.05, 3.63) is 36.0 Å². The van der Waals surface area contributed by atoms with Gasteiger partial charge in [-0.05, 0) is 42.0 Å². The van der Waals surface area contributed by atoms with E-state index in [9.17, 15) is 21.6 Å². The van der Waals surface area contributed by atoms with Crippen molar-refractivity contribution in [3.63, 3.8) is 0 Å². The van der Waals surface area contributed by atoms with Crippen molar-refractivity contribution in [1.82, 2.24) is 14.6 Å². The molecule has 0 saturated carbocycles. The Kier molecular flexibility index (Phi) is 8.24. The highest BCUT2D eigenvalue weighted by Gasteiger charge is 2.43. The number of benzene rings is 1. The van der Waals surface area contributed by atoms with Gasteiger partial charge in [-0.2, -0.15) is 13.2 Å². The lowest BCUT2D eigenvalue weighted by atomic mass is 9.99. The summed E-state index contributed by atoms with van der Waals surface area (Å²) in [6.45, 7) is 4.09. The number of nitrogens with one attached hydrogen (secondary N) is 2. The van der Waals surface area contributed by atoms with E-state index in [1.54, 1.807) is 0 Å². The van der Waals surface area contributed by atoms with E-state index in [1.165, 1.54) is 17.2 Å². The lowest BCUT2D eigenvalue weighted by Crippen LogP contribution is -2.45. The molecule has 0 aliphatic carbocycles. The van der Waals surface area contributed by atoms with E-state index >= 15 is 0 Å². The number of H-pyrrole nitrogens is 1. The van der Waals surface area contributed by atoms with Crippen LogP contribution in [0.2, 0.25) is 0 Å². The second-order valence-corrected chi connectivity index (χ2v) is 10.4. The molecule has 3 heterocycles. The third kappa shape index (κ3) is 7.67. The highest BCUT2D eigenvalue weighted by Crippen LogP contribution is 2.33. The van der Waals surface area contributed by atoms with Crippen molar-refractivity contribution in [2.45, 2.75) is 37.3 Å². The van der Waals surface area contributed by atoms with Gasteiger partial charge in [0, 0.05) is 37.9 Å². The molecule has 0 bridgehead atoms. The standard InChI is InChI=1S/C19H27N3O4S.C2HF3O2/c1-27(23,24)21-11-17-4-6-19(26-17)13-22(8-9-25-14-19)12-15-2-3-18-16(10-15)5-7-20-18;3-2(4,5)1(6)7/h2-3,5,7,10,17,20-21H,4,6,8-9,11-14H2,1H3;(H,6,7)/t17-,19-;/m1./s1. The van der Waals surface area contributed by atoms with Crippen LogP contribution in [-0.2, 0) is 30.8 Å². The first-order chi connectivity index (χ1) is 15.9. The Balaban J connectivity index is 0.000000406. The Morgan fingerprint density at radius 1 is 1.35 bits per heavy atom. The van der Waals surface area contributed by atoms with Gasteiger partial charge in [0.2, 0.25) is 10.0 Å². The van der Waals surface area contributed by atoms with Crippen molar-refractivity contribution in [2.75, 3.05) is 39.1 Å². The monoisotopic (exact) mass is 507 g/mol. The van der Waals surface area contributed by atoms with Crippen LogP contribution in [0, 0.1) is 0 Å².